The van der Waals surface area contributed by atoms with Gasteiger partial charge in [-0.2, -0.15) is 13.2 Å². The molecule has 2 rings (SSSR count). The second kappa shape index (κ2) is 9.76. The maximum atomic E-state index is 12.9. The Morgan fingerprint density at radius 2 is 2.12 bits per heavy atom. The lowest BCUT2D eigenvalue weighted by molar-refractivity contribution is -0.137. The van der Waals surface area contributed by atoms with Crippen molar-refractivity contribution in [2.24, 2.45) is 0 Å². The van der Waals surface area contributed by atoms with Crippen LogP contribution in [0, 0.1) is 0 Å². The summed E-state index contributed by atoms with van der Waals surface area (Å²) in [6, 6.07) is 4.33. The van der Waals surface area contributed by atoms with Gasteiger partial charge in [-0.15, -0.1) is 0 Å². The average molecular weight is 408 g/mol. The molecule has 1 aromatic rings. The van der Waals surface area contributed by atoms with Gasteiger partial charge in [0.25, 0.3) is 0 Å². The molecular weight excluding hydrogens is 383 g/mol. The highest BCUT2D eigenvalue weighted by molar-refractivity contribution is 7.80. The summed E-state index contributed by atoms with van der Waals surface area (Å²) in [5.74, 6) is 0. The van der Waals surface area contributed by atoms with Gasteiger partial charge in [0.15, 0.2) is 5.11 Å². The summed E-state index contributed by atoms with van der Waals surface area (Å²) in [5, 5.41) is 5.83. The quantitative estimate of drug-likeness (QED) is 0.494. The molecule has 1 saturated heterocycles. The second-order valence-electron chi connectivity index (χ2n) is 6.52. The van der Waals surface area contributed by atoms with Crippen LogP contribution < -0.4 is 10.6 Å². The molecule has 1 aliphatic rings. The van der Waals surface area contributed by atoms with Gasteiger partial charge in [0.1, 0.15) is 0 Å². The number of piperidine rings is 1. The van der Waals surface area contributed by atoms with Gasteiger partial charge in [-0.05, 0) is 62.6 Å². The van der Waals surface area contributed by atoms with Crippen molar-refractivity contribution in [2.75, 3.05) is 25.0 Å². The van der Waals surface area contributed by atoms with Crippen molar-refractivity contribution >= 4 is 34.6 Å². The lowest BCUT2D eigenvalue weighted by atomic mass is 10.00. The molecule has 0 aromatic heterocycles. The zero-order valence-corrected chi connectivity index (χ0v) is 16.4. The predicted octanol–water partition coefficient (Wildman–Crippen LogP) is 5.30. The Bertz CT molecular complexity index is 610. The third-order valence-electron chi connectivity index (χ3n) is 4.66. The third-order valence-corrected chi connectivity index (χ3v) is 5.23. The molecule has 1 aromatic carbocycles. The topological polar surface area (TPSA) is 27.3 Å². The molecule has 26 heavy (non-hydrogen) atoms. The maximum absolute atomic E-state index is 12.9. The van der Waals surface area contributed by atoms with Gasteiger partial charge in [-0.3, -0.25) is 0 Å². The van der Waals surface area contributed by atoms with Gasteiger partial charge >= 0.3 is 6.18 Å². The summed E-state index contributed by atoms with van der Waals surface area (Å²) in [6.45, 7) is 5.06. The predicted molar refractivity (Wildman–Crippen MR) is 105 cm³/mol. The van der Waals surface area contributed by atoms with Crippen LogP contribution in [0.1, 0.15) is 44.6 Å². The number of benzene rings is 1. The molecule has 1 aliphatic heterocycles. The third kappa shape index (κ3) is 6.28. The van der Waals surface area contributed by atoms with Crippen molar-refractivity contribution in [3.63, 3.8) is 0 Å². The van der Waals surface area contributed by atoms with Gasteiger partial charge in [0.2, 0.25) is 0 Å². The van der Waals surface area contributed by atoms with Crippen LogP contribution in [-0.4, -0.2) is 35.7 Å². The molecule has 1 atom stereocenters. The minimum absolute atomic E-state index is 0.265. The van der Waals surface area contributed by atoms with E-state index in [0.29, 0.717) is 17.7 Å². The summed E-state index contributed by atoms with van der Waals surface area (Å²) in [5.41, 5.74) is -0.607. The van der Waals surface area contributed by atoms with E-state index in [1.165, 1.54) is 37.8 Å². The van der Waals surface area contributed by atoms with Crippen LogP contribution in [0.4, 0.5) is 18.9 Å². The molecule has 0 saturated carbocycles. The average Bonchev–Trinajstić information content (AvgIpc) is 2.59. The number of alkyl halides is 3. The Morgan fingerprint density at radius 1 is 1.35 bits per heavy atom. The van der Waals surface area contributed by atoms with Crippen LogP contribution in [0.15, 0.2) is 18.2 Å². The number of nitrogens with one attached hydrogen (secondary N) is 2. The summed E-state index contributed by atoms with van der Waals surface area (Å²) >= 11 is 10.8. The Labute approximate surface area is 163 Å². The highest BCUT2D eigenvalue weighted by atomic mass is 35.5. The monoisotopic (exact) mass is 407 g/mol. The first kappa shape index (κ1) is 21.3. The molecule has 0 unspecified atom stereocenters. The molecule has 1 fully saturated rings. The summed E-state index contributed by atoms with van der Waals surface area (Å²) in [4.78, 5) is 2.52. The van der Waals surface area contributed by atoms with E-state index in [2.05, 4.69) is 22.5 Å². The number of anilines is 1. The molecule has 0 radical (unpaired) electrons. The highest BCUT2D eigenvalue weighted by Crippen LogP contribution is 2.36. The SMILES string of the molecule is CC[C@H]1CCCCN1CCCNC(=S)Nc1ccc(Cl)c(C(F)(F)F)c1. The lowest BCUT2D eigenvalue weighted by Crippen LogP contribution is -2.40. The number of hydrogen-bond donors (Lipinski definition) is 2. The number of thiocarbonyl (C=S) groups is 1. The van der Waals surface area contributed by atoms with E-state index in [9.17, 15) is 13.2 Å². The zero-order valence-electron chi connectivity index (χ0n) is 14.8. The van der Waals surface area contributed by atoms with Gasteiger partial charge in [-0.1, -0.05) is 24.9 Å². The van der Waals surface area contributed by atoms with E-state index >= 15 is 0 Å². The second-order valence-corrected chi connectivity index (χ2v) is 7.34. The number of hydrogen-bond acceptors (Lipinski definition) is 2. The van der Waals surface area contributed by atoms with Crippen molar-refractivity contribution in [3.05, 3.63) is 28.8 Å². The molecule has 8 heteroatoms. The maximum Gasteiger partial charge on any atom is 0.417 e. The van der Waals surface area contributed by atoms with Gasteiger partial charge in [0, 0.05) is 24.8 Å². The molecule has 0 bridgehead atoms. The molecular formula is C18H25ClF3N3S. The minimum atomic E-state index is -4.49. The van der Waals surface area contributed by atoms with E-state index in [4.69, 9.17) is 23.8 Å². The number of likely N-dealkylation sites (tertiary alicyclic amines) is 1. The Kier molecular flexibility index (Phi) is 7.98. The molecule has 1 heterocycles. The van der Waals surface area contributed by atoms with Crippen LogP contribution in [0.25, 0.3) is 0 Å². The minimum Gasteiger partial charge on any atom is -0.362 e. The van der Waals surface area contributed by atoms with Crippen molar-refractivity contribution in [3.8, 4) is 0 Å². The summed E-state index contributed by atoms with van der Waals surface area (Å²) in [7, 11) is 0. The Hall–Kier alpha value is -1.05. The van der Waals surface area contributed by atoms with Crippen LogP contribution in [0.2, 0.25) is 5.02 Å². The molecule has 2 N–H and O–H groups in total. The molecule has 0 amide bonds. The van der Waals surface area contributed by atoms with Crippen molar-refractivity contribution in [2.45, 2.75) is 51.2 Å². The van der Waals surface area contributed by atoms with E-state index in [-0.39, 0.29) is 10.7 Å². The fraction of sp³-hybridized carbons (Fsp3) is 0.611. The first-order valence-electron chi connectivity index (χ1n) is 8.97. The Balaban J connectivity index is 1.77. The lowest BCUT2D eigenvalue weighted by Gasteiger charge is -2.35. The van der Waals surface area contributed by atoms with E-state index in [1.54, 1.807) is 0 Å². The largest absolute Gasteiger partial charge is 0.417 e. The fourth-order valence-corrected chi connectivity index (χ4v) is 3.74. The number of rotatable bonds is 6. The number of nitrogens with zero attached hydrogens (tertiary/aromatic N) is 1. The standard InChI is InChI=1S/C18H25ClF3N3S/c1-2-14-6-3-4-10-25(14)11-5-9-23-17(26)24-13-7-8-16(19)15(12-13)18(20,21)22/h7-8,12,14H,2-6,9-11H2,1H3,(H2,23,24,26)/t14-/m0/s1. The van der Waals surface area contributed by atoms with Gasteiger partial charge in [0.05, 0.1) is 10.6 Å². The zero-order chi connectivity index (χ0) is 19.2. The molecule has 146 valence electrons. The van der Waals surface area contributed by atoms with E-state index in [0.717, 1.165) is 25.6 Å². The van der Waals surface area contributed by atoms with Crippen LogP contribution in [0.5, 0.6) is 0 Å². The molecule has 0 aliphatic carbocycles. The smallest absolute Gasteiger partial charge is 0.362 e. The number of halogens is 4. The van der Waals surface area contributed by atoms with Crippen molar-refractivity contribution in [1.29, 1.82) is 0 Å². The van der Waals surface area contributed by atoms with Crippen LogP contribution in [0.3, 0.4) is 0 Å². The summed E-state index contributed by atoms with van der Waals surface area (Å²) < 4.78 is 38.7. The van der Waals surface area contributed by atoms with E-state index in [1.807, 2.05) is 0 Å². The Morgan fingerprint density at radius 3 is 2.81 bits per heavy atom. The van der Waals surface area contributed by atoms with E-state index < -0.39 is 11.7 Å². The normalized spacial score (nSPS) is 18.6. The first-order chi connectivity index (χ1) is 12.3. The van der Waals surface area contributed by atoms with Gasteiger partial charge < -0.3 is 15.5 Å². The van der Waals surface area contributed by atoms with Crippen LogP contribution in [-0.2, 0) is 6.18 Å². The van der Waals surface area contributed by atoms with Crippen molar-refractivity contribution in [1.82, 2.24) is 10.2 Å². The first-order valence-corrected chi connectivity index (χ1v) is 9.75. The van der Waals surface area contributed by atoms with Gasteiger partial charge in [-0.25, -0.2) is 0 Å². The van der Waals surface area contributed by atoms with Crippen LogP contribution >= 0.6 is 23.8 Å². The molecule has 3 nitrogen and oxygen atoms in total. The fourth-order valence-electron chi connectivity index (χ4n) is 3.30. The molecule has 0 spiro atoms. The highest BCUT2D eigenvalue weighted by Gasteiger charge is 2.33. The summed E-state index contributed by atoms with van der Waals surface area (Å²) in [6.07, 6.45) is 1.44. The van der Waals surface area contributed by atoms with Crippen molar-refractivity contribution < 1.29 is 13.2 Å².